The van der Waals surface area contributed by atoms with Gasteiger partial charge in [0.15, 0.2) is 5.82 Å². The van der Waals surface area contributed by atoms with Gasteiger partial charge < -0.3 is 11.5 Å². The number of nitrogens with zero attached hydrogens (tertiary/aromatic N) is 1. The van der Waals surface area contributed by atoms with Gasteiger partial charge in [0.1, 0.15) is 4.90 Å². The van der Waals surface area contributed by atoms with Crippen molar-refractivity contribution in [3.63, 3.8) is 0 Å². The fourth-order valence-corrected chi connectivity index (χ4v) is 2.79. The zero-order valence-corrected chi connectivity index (χ0v) is 11.4. The minimum Gasteiger partial charge on any atom is -0.398 e. The first-order chi connectivity index (χ1) is 9.81. The molecule has 0 saturated heterocycles. The number of hydrogen-bond acceptors (Lipinski definition) is 5. The average molecular weight is 310 g/mol. The molecule has 0 spiro atoms. The highest BCUT2D eigenvalue weighted by Gasteiger charge is 2.20. The molecule has 1 aromatic heterocycles. The number of carbonyl (C=O) groups excluding carboxylic acids is 1. The number of nitrogen functional groups attached to an aromatic ring is 1. The second-order valence-electron chi connectivity index (χ2n) is 4.08. The molecule has 7 nitrogen and oxygen atoms in total. The van der Waals surface area contributed by atoms with E-state index in [1.807, 2.05) is 0 Å². The van der Waals surface area contributed by atoms with Crippen LogP contribution in [0.2, 0.25) is 0 Å². The van der Waals surface area contributed by atoms with Crippen molar-refractivity contribution in [2.75, 3.05) is 10.5 Å². The normalized spacial score (nSPS) is 11.1. The van der Waals surface area contributed by atoms with Crippen LogP contribution in [0.3, 0.4) is 0 Å². The van der Waals surface area contributed by atoms with Gasteiger partial charge in [0.25, 0.3) is 10.0 Å². The molecule has 21 heavy (non-hydrogen) atoms. The van der Waals surface area contributed by atoms with Gasteiger partial charge >= 0.3 is 0 Å². The van der Waals surface area contributed by atoms with E-state index in [1.54, 1.807) is 0 Å². The lowest BCUT2D eigenvalue weighted by Gasteiger charge is -2.11. The van der Waals surface area contributed by atoms with Crippen LogP contribution >= 0.6 is 0 Å². The molecule has 2 rings (SSSR count). The second kappa shape index (κ2) is 5.37. The molecule has 2 aromatic rings. The molecular weight excluding hydrogens is 299 g/mol. The molecule has 0 radical (unpaired) electrons. The maximum Gasteiger partial charge on any atom is 0.264 e. The minimum atomic E-state index is -4.10. The van der Waals surface area contributed by atoms with Gasteiger partial charge in [-0.2, -0.15) is 0 Å². The molecule has 0 unspecified atom stereocenters. The predicted octanol–water partition coefficient (Wildman–Crippen LogP) is 0.703. The Morgan fingerprint density at radius 2 is 2.00 bits per heavy atom. The van der Waals surface area contributed by atoms with E-state index in [4.69, 9.17) is 11.5 Å². The summed E-state index contributed by atoms with van der Waals surface area (Å²) < 4.78 is 39.8. The first kappa shape index (κ1) is 14.7. The fraction of sp³-hybridized carbons (Fsp3) is 0. The number of benzene rings is 1. The van der Waals surface area contributed by atoms with Crippen LogP contribution in [0, 0.1) is 5.82 Å². The van der Waals surface area contributed by atoms with Crippen molar-refractivity contribution in [2.24, 2.45) is 5.73 Å². The van der Waals surface area contributed by atoms with Gasteiger partial charge in [-0.15, -0.1) is 0 Å². The molecule has 0 aliphatic rings. The van der Waals surface area contributed by atoms with E-state index < -0.39 is 21.7 Å². The number of hydrogen-bond donors (Lipinski definition) is 3. The number of primary amides is 1. The second-order valence-corrected chi connectivity index (χ2v) is 5.73. The van der Waals surface area contributed by atoms with Crippen molar-refractivity contribution in [1.29, 1.82) is 0 Å². The zero-order chi connectivity index (χ0) is 15.6. The van der Waals surface area contributed by atoms with Crippen molar-refractivity contribution >= 4 is 27.3 Å². The summed E-state index contributed by atoms with van der Waals surface area (Å²) >= 11 is 0. The Balaban J connectivity index is 2.41. The highest BCUT2D eigenvalue weighted by molar-refractivity contribution is 7.92. The Kier molecular flexibility index (Phi) is 3.76. The number of aromatic nitrogens is 1. The monoisotopic (exact) mass is 310 g/mol. The standard InChI is InChI=1S/C12H11FN4O3S/c13-8-6-16-4-3-10(8)17-21(19,20)11-2-1-7(12(15)18)5-9(11)14/h1-6H,14H2,(H2,15,18)(H,16,17). The summed E-state index contributed by atoms with van der Waals surface area (Å²) in [5, 5.41) is 0. The predicted molar refractivity (Wildman–Crippen MR) is 74.4 cm³/mol. The number of rotatable bonds is 4. The third-order valence-corrected chi connectivity index (χ3v) is 4.04. The molecule has 110 valence electrons. The van der Waals surface area contributed by atoms with E-state index >= 15 is 0 Å². The van der Waals surface area contributed by atoms with Crippen LogP contribution in [0.1, 0.15) is 10.4 Å². The van der Waals surface area contributed by atoms with Gasteiger partial charge in [-0.3, -0.25) is 14.5 Å². The zero-order valence-electron chi connectivity index (χ0n) is 10.6. The van der Waals surface area contributed by atoms with E-state index in [9.17, 15) is 17.6 Å². The van der Waals surface area contributed by atoms with Crippen LogP contribution in [-0.4, -0.2) is 19.3 Å². The van der Waals surface area contributed by atoms with Crippen molar-refractivity contribution in [3.8, 4) is 0 Å². The van der Waals surface area contributed by atoms with Gasteiger partial charge in [0.2, 0.25) is 5.91 Å². The maximum absolute atomic E-state index is 13.4. The first-order valence-corrected chi connectivity index (χ1v) is 7.11. The Morgan fingerprint density at radius 3 is 2.57 bits per heavy atom. The summed E-state index contributed by atoms with van der Waals surface area (Å²) in [4.78, 5) is 14.2. The van der Waals surface area contributed by atoms with Crippen molar-refractivity contribution in [2.45, 2.75) is 4.90 Å². The third-order valence-electron chi connectivity index (χ3n) is 2.60. The summed E-state index contributed by atoms with van der Waals surface area (Å²) in [5.74, 6) is -1.56. The number of carbonyl (C=O) groups is 1. The molecule has 5 N–H and O–H groups in total. The molecular formula is C12H11FN4O3S. The fourth-order valence-electron chi connectivity index (χ4n) is 1.60. The van der Waals surface area contributed by atoms with Crippen molar-refractivity contribution in [1.82, 2.24) is 4.98 Å². The van der Waals surface area contributed by atoms with E-state index in [0.717, 1.165) is 18.3 Å². The lowest BCUT2D eigenvalue weighted by Crippen LogP contribution is -2.17. The molecule has 0 saturated carbocycles. The number of anilines is 2. The van der Waals surface area contributed by atoms with E-state index in [0.29, 0.717) is 0 Å². The van der Waals surface area contributed by atoms with Crippen molar-refractivity contribution in [3.05, 3.63) is 48.0 Å². The largest absolute Gasteiger partial charge is 0.398 e. The van der Waals surface area contributed by atoms with E-state index in [-0.39, 0.29) is 21.8 Å². The molecule has 0 bridgehead atoms. The first-order valence-electron chi connectivity index (χ1n) is 5.63. The molecule has 0 aliphatic carbocycles. The van der Waals surface area contributed by atoms with Crippen LogP contribution in [-0.2, 0) is 10.0 Å². The van der Waals surface area contributed by atoms with E-state index in [2.05, 4.69) is 9.71 Å². The molecule has 0 fully saturated rings. The minimum absolute atomic E-state index is 0.0709. The summed E-state index contributed by atoms with van der Waals surface area (Å²) in [6.07, 6.45) is 2.11. The smallest absolute Gasteiger partial charge is 0.264 e. The lowest BCUT2D eigenvalue weighted by molar-refractivity contribution is 0.1000. The summed E-state index contributed by atoms with van der Waals surface area (Å²) in [6.45, 7) is 0. The number of pyridine rings is 1. The average Bonchev–Trinajstić information content (AvgIpc) is 2.40. The van der Waals surface area contributed by atoms with Crippen LogP contribution in [0.25, 0.3) is 0 Å². The number of sulfonamides is 1. The van der Waals surface area contributed by atoms with Gasteiger partial charge in [0.05, 0.1) is 17.6 Å². The Bertz CT molecular complexity index is 808. The van der Waals surface area contributed by atoms with Crippen molar-refractivity contribution < 1.29 is 17.6 Å². The highest BCUT2D eigenvalue weighted by atomic mass is 32.2. The number of nitrogens with two attached hydrogens (primary N) is 2. The van der Waals surface area contributed by atoms with Crippen LogP contribution in [0.15, 0.2) is 41.6 Å². The van der Waals surface area contributed by atoms with Crippen LogP contribution in [0.4, 0.5) is 15.8 Å². The molecule has 1 heterocycles. The SMILES string of the molecule is NC(=O)c1ccc(S(=O)(=O)Nc2ccncc2F)c(N)c1. The number of halogens is 1. The molecule has 1 aromatic carbocycles. The molecule has 0 atom stereocenters. The van der Waals surface area contributed by atoms with Crippen LogP contribution < -0.4 is 16.2 Å². The molecule has 9 heteroatoms. The quantitative estimate of drug-likeness (QED) is 0.716. The lowest BCUT2D eigenvalue weighted by atomic mass is 10.2. The highest BCUT2D eigenvalue weighted by Crippen LogP contribution is 2.23. The topological polar surface area (TPSA) is 128 Å². The Hall–Kier alpha value is -2.68. The molecule has 1 amide bonds. The molecule has 0 aliphatic heterocycles. The number of nitrogens with one attached hydrogen (secondary N) is 1. The van der Waals surface area contributed by atoms with Gasteiger partial charge in [-0.1, -0.05) is 0 Å². The Morgan fingerprint density at radius 1 is 1.29 bits per heavy atom. The third kappa shape index (κ3) is 3.08. The number of amides is 1. The van der Waals surface area contributed by atoms with Gasteiger partial charge in [0, 0.05) is 11.8 Å². The Labute approximate surface area is 119 Å². The van der Waals surface area contributed by atoms with E-state index in [1.165, 1.54) is 18.3 Å². The summed E-state index contributed by atoms with van der Waals surface area (Å²) in [5.41, 5.74) is 10.3. The van der Waals surface area contributed by atoms with Gasteiger partial charge in [-0.05, 0) is 24.3 Å². The maximum atomic E-state index is 13.4. The summed E-state index contributed by atoms with van der Waals surface area (Å²) in [7, 11) is -4.10. The van der Waals surface area contributed by atoms with Crippen LogP contribution in [0.5, 0.6) is 0 Å². The summed E-state index contributed by atoms with van der Waals surface area (Å²) in [6, 6.07) is 4.65. The van der Waals surface area contributed by atoms with Gasteiger partial charge in [-0.25, -0.2) is 12.8 Å².